The zero-order chi connectivity index (χ0) is 17.7. The Labute approximate surface area is 150 Å². The van der Waals surface area contributed by atoms with Crippen molar-refractivity contribution in [1.29, 1.82) is 0 Å². The molecule has 0 aliphatic rings. The van der Waals surface area contributed by atoms with Crippen molar-refractivity contribution in [1.82, 2.24) is 9.71 Å². The molecule has 0 bridgehead atoms. The second kappa shape index (κ2) is 7.86. The van der Waals surface area contributed by atoms with Crippen molar-refractivity contribution in [3.05, 3.63) is 77.1 Å². The van der Waals surface area contributed by atoms with Gasteiger partial charge in [-0.2, -0.15) is 0 Å². The molecule has 0 fully saturated rings. The Bertz CT molecular complexity index is 923. The van der Waals surface area contributed by atoms with Gasteiger partial charge in [-0.25, -0.2) is 22.5 Å². The van der Waals surface area contributed by atoms with Crippen LogP contribution in [-0.2, 0) is 22.2 Å². The van der Waals surface area contributed by atoms with E-state index in [9.17, 15) is 12.8 Å². The lowest BCUT2D eigenvalue weighted by Crippen LogP contribution is -2.27. The van der Waals surface area contributed by atoms with E-state index in [1.807, 2.05) is 35.7 Å². The summed E-state index contributed by atoms with van der Waals surface area (Å²) < 4.78 is 39.6. The van der Waals surface area contributed by atoms with Crippen LogP contribution < -0.4 is 4.72 Å². The van der Waals surface area contributed by atoms with E-state index >= 15 is 0 Å². The maximum absolute atomic E-state index is 12.9. The molecule has 0 amide bonds. The summed E-state index contributed by atoms with van der Waals surface area (Å²) in [5.41, 5.74) is 2.46. The Morgan fingerprint density at radius 1 is 1.04 bits per heavy atom. The summed E-state index contributed by atoms with van der Waals surface area (Å²) in [4.78, 5) is 4.54. The van der Waals surface area contributed by atoms with Gasteiger partial charge in [0.15, 0.2) is 0 Å². The molecule has 1 aromatic heterocycles. The van der Waals surface area contributed by atoms with Gasteiger partial charge < -0.3 is 0 Å². The van der Waals surface area contributed by atoms with Crippen molar-refractivity contribution in [2.45, 2.75) is 12.2 Å². The zero-order valence-corrected chi connectivity index (χ0v) is 15.0. The predicted octanol–water partition coefficient (Wildman–Crippen LogP) is 3.61. The lowest BCUT2D eigenvalue weighted by Gasteiger charge is -2.06. The van der Waals surface area contributed by atoms with Crippen molar-refractivity contribution in [3.8, 4) is 10.6 Å². The van der Waals surface area contributed by atoms with Crippen LogP contribution in [0.1, 0.15) is 11.3 Å². The number of nitrogens with one attached hydrogen (secondary N) is 1. The molecule has 1 N–H and O–H groups in total. The highest BCUT2D eigenvalue weighted by Gasteiger charge is 2.12. The van der Waals surface area contributed by atoms with E-state index in [1.54, 1.807) is 11.3 Å². The fourth-order valence-electron chi connectivity index (χ4n) is 2.32. The Morgan fingerprint density at radius 2 is 1.76 bits per heavy atom. The molecular formula is C18H17FN2O2S2. The highest BCUT2D eigenvalue weighted by Crippen LogP contribution is 2.23. The first kappa shape index (κ1) is 17.7. The third-order valence-electron chi connectivity index (χ3n) is 3.55. The second-order valence-electron chi connectivity index (χ2n) is 5.54. The second-order valence-corrected chi connectivity index (χ2v) is 8.20. The summed E-state index contributed by atoms with van der Waals surface area (Å²) >= 11 is 1.54. The van der Waals surface area contributed by atoms with Crippen molar-refractivity contribution in [2.75, 3.05) is 6.54 Å². The van der Waals surface area contributed by atoms with E-state index < -0.39 is 10.0 Å². The number of halogens is 1. The number of hydrogen-bond donors (Lipinski definition) is 1. The number of benzene rings is 2. The summed E-state index contributed by atoms with van der Waals surface area (Å²) in [5, 5.41) is 2.86. The Morgan fingerprint density at radius 3 is 2.48 bits per heavy atom. The SMILES string of the molecule is O=S(=O)(Cc1ccc(F)cc1)NCCc1csc(-c2ccccc2)n1. The summed E-state index contributed by atoms with van der Waals surface area (Å²) in [6, 6.07) is 15.3. The highest BCUT2D eigenvalue weighted by atomic mass is 32.2. The molecule has 130 valence electrons. The van der Waals surface area contributed by atoms with Gasteiger partial charge in [0, 0.05) is 23.9 Å². The molecule has 25 heavy (non-hydrogen) atoms. The first-order chi connectivity index (χ1) is 12.0. The molecule has 2 aromatic carbocycles. The minimum Gasteiger partial charge on any atom is -0.241 e. The fraction of sp³-hybridized carbons (Fsp3) is 0.167. The quantitative estimate of drug-likeness (QED) is 0.685. The van der Waals surface area contributed by atoms with Gasteiger partial charge in [-0.15, -0.1) is 11.3 Å². The number of sulfonamides is 1. The monoisotopic (exact) mass is 376 g/mol. The smallest absolute Gasteiger partial charge is 0.215 e. The van der Waals surface area contributed by atoms with Crippen LogP contribution in [0.4, 0.5) is 4.39 Å². The van der Waals surface area contributed by atoms with E-state index in [-0.39, 0.29) is 18.1 Å². The highest BCUT2D eigenvalue weighted by molar-refractivity contribution is 7.88. The van der Waals surface area contributed by atoms with E-state index in [1.165, 1.54) is 24.3 Å². The minimum absolute atomic E-state index is 0.167. The normalized spacial score (nSPS) is 11.6. The Balaban J connectivity index is 1.54. The maximum atomic E-state index is 12.9. The summed E-state index contributed by atoms with van der Waals surface area (Å²) in [6.07, 6.45) is 0.520. The first-order valence-electron chi connectivity index (χ1n) is 7.73. The molecular weight excluding hydrogens is 359 g/mol. The van der Waals surface area contributed by atoms with Gasteiger partial charge >= 0.3 is 0 Å². The molecule has 0 aliphatic heterocycles. The van der Waals surface area contributed by atoms with Crippen LogP contribution >= 0.6 is 11.3 Å². The van der Waals surface area contributed by atoms with Crippen molar-refractivity contribution in [2.24, 2.45) is 0 Å². The average Bonchev–Trinajstić information content (AvgIpc) is 3.06. The van der Waals surface area contributed by atoms with Gasteiger partial charge in [0.2, 0.25) is 10.0 Å². The molecule has 1 heterocycles. The number of nitrogens with zero attached hydrogens (tertiary/aromatic N) is 1. The topological polar surface area (TPSA) is 59.1 Å². The third kappa shape index (κ3) is 5.19. The lowest BCUT2D eigenvalue weighted by molar-refractivity contribution is 0.580. The molecule has 0 unspecified atom stereocenters. The lowest BCUT2D eigenvalue weighted by atomic mass is 10.2. The molecule has 0 spiro atoms. The van der Waals surface area contributed by atoms with Crippen LogP contribution in [0.3, 0.4) is 0 Å². The standard InChI is InChI=1S/C18H17FN2O2S2/c19-16-8-6-14(7-9-16)13-25(22,23)20-11-10-17-12-24-18(21-17)15-4-2-1-3-5-15/h1-9,12,20H,10-11,13H2. The van der Waals surface area contributed by atoms with Crippen LogP contribution in [0.2, 0.25) is 0 Å². The summed E-state index contributed by atoms with van der Waals surface area (Å²) in [7, 11) is -3.46. The van der Waals surface area contributed by atoms with Crippen LogP contribution in [0.15, 0.2) is 60.0 Å². The molecule has 3 aromatic rings. The Hall–Kier alpha value is -2.09. The van der Waals surface area contributed by atoms with Gasteiger partial charge in [-0.05, 0) is 17.7 Å². The zero-order valence-electron chi connectivity index (χ0n) is 13.4. The third-order valence-corrected chi connectivity index (χ3v) is 5.84. The molecule has 0 radical (unpaired) electrons. The van der Waals surface area contributed by atoms with Crippen LogP contribution in [0.5, 0.6) is 0 Å². The van der Waals surface area contributed by atoms with Gasteiger partial charge in [-0.3, -0.25) is 0 Å². The van der Waals surface area contributed by atoms with E-state index in [4.69, 9.17) is 0 Å². The minimum atomic E-state index is -3.46. The van der Waals surface area contributed by atoms with E-state index in [2.05, 4.69) is 9.71 Å². The fourth-order valence-corrected chi connectivity index (χ4v) is 4.33. The van der Waals surface area contributed by atoms with Crippen molar-refractivity contribution in [3.63, 3.8) is 0 Å². The largest absolute Gasteiger partial charge is 0.241 e. The van der Waals surface area contributed by atoms with Gasteiger partial charge in [-0.1, -0.05) is 42.5 Å². The number of thiazole rings is 1. The van der Waals surface area contributed by atoms with Gasteiger partial charge in [0.1, 0.15) is 10.8 Å². The van der Waals surface area contributed by atoms with Crippen molar-refractivity contribution >= 4 is 21.4 Å². The van der Waals surface area contributed by atoms with E-state index in [0.717, 1.165) is 16.3 Å². The number of hydrogen-bond acceptors (Lipinski definition) is 4. The van der Waals surface area contributed by atoms with E-state index in [0.29, 0.717) is 12.0 Å². The predicted molar refractivity (Wildman–Crippen MR) is 98.3 cm³/mol. The van der Waals surface area contributed by atoms with Crippen LogP contribution in [-0.4, -0.2) is 19.9 Å². The van der Waals surface area contributed by atoms with Gasteiger partial charge in [0.25, 0.3) is 0 Å². The molecule has 0 atom stereocenters. The number of rotatable bonds is 7. The molecule has 0 saturated heterocycles. The molecule has 0 aliphatic carbocycles. The maximum Gasteiger partial charge on any atom is 0.215 e. The number of aromatic nitrogens is 1. The average molecular weight is 376 g/mol. The summed E-state index contributed by atoms with van der Waals surface area (Å²) in [6.45, 7) is 0.279. The summed E-state index contributed by atoms with van der Waals surface area (Å²) in [5.74, 6) is -0.550. The molecule has 7 heteroatoms. The van der Waals surface area contributed by atoms with Crippen molar-refractivity contribution < 1.29 is 12.8 Å². The first-order valence-corrected chi connectivity index (χ1v) is 10.3. The molecule has 4 nitrogen and oxygen atoms in total. The van der Waals surface area contributed by atoms with Crippen LogP contribution in [0.25, 0.3) is 10.6 Å². The van der Waals surface area contributed by atoms with Gasteiger partial charge in [0.05, 0.1) is 11.4 Å². The molecule has 0 saturated carbocycles. The Kier molecular flexibility index (Phi) is 5.57. The molecule has 3 rings (SSSR count). The van der Waals surface area contributed by atoms with Crippen LogP contribution in [0, 0.1) is 5.82 Å².